The van der Waals surface area contributed by atoms with Gasteiger partial charge in [-0.1, -0.05) is 36.4 Å². The Hall–Kier alpha value is -2.42. The van der Waals surface area contributed by atoms with Crippen LogP contribution in [0.3, 0.4) is 0 Å². The van der Waals surface area contributed by atoms with Gasteiger partial charge in [-0.2, -0.15) is 0 Å². The van der Waals surface area contributed by atoms with Crippen LogP contribution in [-0.2, 0) is 9.59 Å². The molecule has 2 aromatic rings. The summed E-state index contributed by atoms with van der Waals surface area (Å²) in [6.45, 7) is 3.35. The molecule has 0 atom stereocenters. The summed E-state index contributed by atoms with van der Waals surface area (Å²) in [5, 5.41) is 2.76. The molecule has 0 saturated heterocycles. The van der Waals surface area contributed by atoms with E-state index in [9.17, 15) is 9.59 Å². The molecule has 0 saturated carbocycles. The van der Waals surface area contributed by atoms with Crippen LogP contribution in [0.25, 0.3) is 11.1 Å². The molecule has 0 fully saturated rings. The number of carbonyl (C=O) groups excluding carboxylic acids is 2. The smallest absolute Gasteiger partial charge is 0.231 e. The second-order valence-electron chi connectivity index (χ2n) is 4.82. The minimum absolute atomic E-state index is 0.0835. The number of aryl methyl sites for hydroxylation is 1. The van der Waals surface area contributed by atoms with Gasteiger partial charge < -0.3 is 5.32 Å². The molecule has 0 aliphatic heterocycles. The van der Waals surface area contributed by atoms with E-state index in [0.29, 0.717) is 0 Å². The van der Waals surface area contributed by atoms with Crippen LogP contribution in [0.5, 0.6) is 0 Å². The first-order chi connectivity index (χ1) is 9.56. The van der Waals surface area contributed by atoms with Gasteiger partial charge in [-0.15, -0.1) is 0 Å². The molecule has 3 heteroatoms. The van der Waals surface area contributed by atoms with Crippen LogP contribution in [0.1, 0.15) is 18.9 Å². The van der Waals surface area contributed by atoms with E-state index >= 15 is 0 Å². The molecule has 3 nitrogen and oxygen atoms in total. The lowest BCUT2D eigenvalue weighted by atomic mass is 10.0. The van der Waals surface area contributed by atoms with Gasteiger partial charge in [-0.05, 0) is 42.7 Å². The van der Waals surface area contributed by atoms with Crippen molar-refractivity contribution in [2.75, 3.05) is 5.32 Å². The van der Waals surface area contributed by atoms with Crippen LogP contribution in [0.4, 0.5) is 5.69 Å². The molecule has 0 aliphatic rings. The Kier molecular flexibility index (Phi) is 4.31. The largest absolute Gasteiger partial charge is 0.325 e. The Bertz CT molecular complexity index is 633. The lowest BCUT2D eigenvalue weighted by Gasteiger charge is -2.10. The molecule has 102 valence electrons. The highest BCUT2D eigenvalue weighted by Gasteiger charge is 2.08. The molecule has 0 aliphatic carbocycles. The first-order valence-corrected chi connectivity index (χ1v) is 6.51. The maximum atomic E-state index is 11.6. The van der Waals surface area contributed by atoms with Crippen molar-refractivity contribution in [2.24, 2.45) is 0 Å². The third-order valence-electron chi connectivity index (χ3n) is 3.02. The van der Waals surface area contributed by atoms with Gasteiger partial charge in [0, 0.05) is 5.69 Å². The van der Waals surface area contributed by atoms with Gasteiger partial charge in [-0.3, -0.25) is 9.59 Å². The summed E-state index contributed by atoms with van der Waals surface area (Å²) in [6, 6.07) is 15.9. The fourth-order valence-corrected chi connectivity index (χ4v) is 2.03. The monoisotopic (exact) mass is 267 g/mol. The van der Waals surface area contributed by atoms with Crippen molar-refractivity contribution in [2.45, 2.75) is 20.3 Å². The molecular weight excluding hydrogens is 250 g/mol. The maximum Gasteiger partial charge on any atom is 0.231 e. The second-order valence-corrected chi connectivity index (χ2v) is 4.82. The number of hydrogen-bond acceptors (Lipinski definition) is 2. The van der Waals surface area contributed by atoms with Crippen LogP contribution in [0.2, 0.25) is 0 Å². The quantitative estimate of drug-likeness (QED) is 0.861. The molecule has 20 heavy (non-hydrogen) atoms. The van der Waals surface area contributed by atoms with E-state index in [1.54, 1.807) is 0 Å². The first-order valence-electron chi connectivity index (χ1n) is 6.51. The minimum Gasteiger partial charge on any atom is -0.325 e. The summed E-state index contributed by atoms with van der Waals surface area (Å²) >= 11 is 0. The highest BCUT2D eigenvalue weighted by atomic mass is 16.2. The van der Waals surface area contributed by atoms with Crippen LogP contribution in [-0.4, -0.2) is 11.7 Å². The van der Waals surface area contributed by atoms with Crippen molar-refractivity contribution in [3.8, 4) is 11.1 Å². The Labute approximate surface area is 118 Å². The molecule has 0 radical (unpaired) electrons. The van der Waals surface area contributed by atoms with Crippen molar-refractivity contribution >= 4 is 17.4 Å². The lowest BCUT2D eigenvalue weighted by Crippen LogP contribution is -2.15. The predicted octanol–water partition coefficient (Wildman–Crippen LogP) is 3.58. The number of ketones is 1. The molecule has 1 amide bonds. The zero-order valence-electron chi connectivity index (χ0n) is 11.6. The van der Waals surface area contributed by atoms with E-state index in [1.807, 2.05) is 55.5 Å². The molecule has 1 N–H and O–H groups in total. The predicted molar refractivity (Wildman–Crippen MR) is 80.5 cm³/mol. The second kappa shape index (κ2) is 6.15. The van der Waals surface area contributed by atoms with Gasteiger partial charge in [0.25, 0.3) is 0 Å². The fraction of sp³-hybridized carbons (Fsp3) is 0.176. The average molecular weight is 267 g/mol. The van der Waals surface area contributed by atoms with E-state index in [4.69, 9.17) is 0 Å². The summed E-state index contributed by atoms with van der Waals surface area (Å²) in [7, 11) is 0. The zero-order chi connectivity index (χ0) is 14.5. The molecule has 0 heterocycles. The van der Waals surface area contributed by atoms with E-state index in [0.717, 1.165) is 22.4 Å². The Morgan fingerprint density at radius 1 is 1.00 bits per heavy atom. The van der Waals surface area contributed by atoms with E-state index < -0.39 is 0 Å². The highest BCUT2D eigenvalue weighted by molar-refractivity contribution is 6.03. The van der Waals surface area contributed by atoms with E-state index in [2.05, 4.69) is 5.32 Å². The summed E-state index contributed by atoms with van der Waals surface area (Å²) in [5.74, 6) is -0.408. The number of carbonyl (C=O) groups is 2. The zero-order valence-corrected chi connectivity index (χ0v) is 11.6. The lowest BCUT2D eigenvalue weighted by molar-refractivity contribution is -0.124. The SMILES string of the molecule is CC(=O)CC(=O)Nc1ccc(-c2ccccc2)cc1C. The highest BCUT2D eigenvalue weighted by Crippen LogP contribution is 2.24. The average Bonchev–Trinajstić information content (AvgIpc) is 2.41. The first kappa shape index (κ1) is 14.0. The Balaban J connectivity index is 2.18. The summed E-state index contributed by atoms with van der Waals surface area (Å²) in [6.07, 6.45) is -0.0835. The normalized spacial score (nSPS) is 10.1. The summed E-state index contributed by atoms with van der Waals surface area (Å²) in [4.78, 5) is 22.5. The van der Waals surface area contributed by atoms with Gasteiger partial charge >= 0.3 is 0 Å². The van der Waals surface area contributed by atoms with Gasteiger partial charge in [0.15, 0.2) is 0 Å². The molecule has 0 unspecified atom stereocenters. The van der Waals surface area contributed by atoms with Gasteiger partial charge in [-0.25, -0.2) is 0 Å². The Morgan fingerprint density at radius 2 is 1.70 bits per heavy atom. The molecule has 0 bridgehead atoms. The number of rotatable bonds is 4. The van der Waals surface area contributed by atoms with E-state index in [-0.39, 0.29) is 18.1 Å². The van der Waals surface area contributed by atoms with Gasteiger partial charge in [0.1, 0.15) is 5.78 Å². The van der Waals surface area contributed by atoms with Gasteiger partial charge in [0.2, 0.25) is 5.91 Å². The number of hydrogen-bond donors (Lipinski definition) is 1. The molecule has 2 aromatic carbocycles. The van der Waals surface area contributed by atoms with E-state index in [1.165, 1.54) is 6.92 Å². The van der Waals surface area contributed by atoms with Crippen molar-refractivity contribution in [3.63, 3.8) is 0 Å². The summed E-state index contributed by atoms with van der Waals surface area (Å²) in [5.41, 5.74) is 3.96. The van der Waals surface area contributed by atoms with Crippen LogP contribution >= 0.6 is 0 Å². The van der Waals surface area contributed by atoms with Gasteiger partial charge in [0.05, 0.1) is 6.42 Å². The molecule has 0 aromatic heterocycles. The molecule has 0 spiro atoms. The maximum absolute atomic E-state index is 11.6. The molecule has 2 rings (SSSR count). The number of Topliss-reactive ketones (excluding diaryl/α,β-unsaturated/α-hetero) is 1. The van der Waals surface area contributed by atoms with Crippen LogP contribution in [0.15, 0.2) is 48.5 Å². The number of anilines is 1. The standard InChI is InChI=1S/C17H17NO2/c1-12-10-15(14-6-4-3-5-7-14)8-9-16(12)18-17(20)11-13(2)19/h3-10H,11H2,1-2H3,(H,18,20). The number of benzene rings is 2. The van der Waals surface area contributed by atoms with Crippen molar-refractivity contribution in [1.82, 2.24) is 0 Å². The van der Waals surface area contributed by atoms with Crippen molar-refractivity contribution in [1.29, 1.82) is 0 Å². The topological polar surface area (TPSA) is 46.2 Å². The van der Waals surface area contributed by atoms with Crippen molar-refractivity contribution in [3.05, 3.63) is 54.1 Å². The number of amides is 1. The Morgan fingerprint density at radius 3 is 2.30 bits per heavy atom. The number of nitrogens with one attached hydrogen (secondary N) is 1. The summed E-state index contributed by atoms with van der Waals surface area (Å²) < 4.78 is 0. The third-order valence-corrected chi connectivity index (χ3v) is 3.02. The molecular formula is C17H17NO2. The fourth-order valence-electron chi connectivity index (χ4n) is 2.03. The third kappa shape index (κ3) is 3.54. The minimum atomic E-state index is -0.270. The van der Waals surface area contributed by atoms with Crippen molar-refractivity contribution < 1.29 is 9.59 Å². The van der Waals surface area contributed by atoms with Crippen LogP contribution < -0.4 is 5.32 Å². The van der Waals surface area contributed by atoms with Crippen LogP contribution in [0, 0.1) is 6.92 Å².